The number of aromatic hydroxyl groups is 1. The molecule has 5 nitrogen and oxygen atoms in total. The van der Waals surface area contributed by atoms with Gasteiger partial charge in [-0.05, 0) is 41.5 Å². The molecular formula is C23H20ClNO4. The van der Waals surface area contributed by atoms with Gasteiger partial charge < -0.3 is 19.8 Å². The van der Waals surface area contributed by atoms with Crippen LogP contribution >= 0.6 is 11.6 Å². The van der Waals surface area contributed by atoms with Gasteiger partial charge in [0.1, 0.15) is 5.75 Å². The summed E-state index contributed by atoms with van der Waals surface area (Å²) in [5, 5.41) is 22.5. The second-order valence-electron chi connectivity index (χ2n) is 7.00. The van der Waals surface area contributed by atoms with Gasteiger partial charge in [0, 0.05) is 17.7 Å². The van der Waals surface area contributed by atoms with Crippen LogP contribution in [0.4, 0.5) is 5.69 Å². The Morgan fingerprint density at radius 3 is 2.52 bits per heavy atom. The average Bonchev–Trinajstić information content (AvgIpc) is 2.72. The number of phenols is 1. The molecule has 0 aliphatic carbocycles. The Hall–Kier alpha value is -2.86. The van der Waals surface area contributed by atoms with Gasteiger partial charge in [-0.15, -0.1) is 0 Å². The molecule has 29 heavy (non-hydrogen) atoms. The molecule has 0 saturated heterocycles. The minimum absolute atomic E-state index is 0.00925. The summed E-state index contributed by atoms with van der Waals surface area (Å²) >= 11 is 6.10. The van der Waals surface area contributed by atoms with Crippen molar-refractivity contribution >= 4 is 23.2 Å². The van der Waals surface area contributed by atoms with Crippen molar-refractivity contribution in [3.05, 3.63) is 94.5 Å². The van der Waals surface area contributed by atoms with Crippen LogP contribution in [0.1, 0.15) is 16.7 Å². The fourth-order valence-electron chi connectivity index (χ4n) is 3.90. The van der Waals surface area contributed by atoms with Crippen molar-refractivity contribution in [3.63, 3.8) is 0 Å². The molecule has 4 rings (SSSR count). The zero-order chi connectivity index (χ0) is 20.6. The summed E-state index contributed by atoms with van der Waals surface area (Å²) in [5.74, 6) is -0.387. The van der Waals surface area contributed by atoms with Gasteiger partial charge in [0.25, 0.3) is 5.91 Å². The molecule has 0 saturated carbocycles. The molecule has 0 bridgehead atoms. The van der Waals surface area contributed by atoms with Gasteiger partial charge in [0.05, 0.1) is 12.2 Å². The average molecular weight is 410 g/mol. The molecule has 1 aliphatic heterocycles. The molecule has 0 spiro atoms. The van der Waals surface area contributed by atoms with E-state index in [4.69, 9.17) is 16.3 Å². The molecule has 1 heterocycles. The third kappa shape index (κ3) is 3.27. The van der Waals surface area contributed by atoms with E-state index >= 15 is 0 Å². The van der Waals surface area contributed by atoms with Gasteiger partial charge in [0.2, 0.25) is 0 Å². The molecule has 0 aromatic heterocycles. The molecule has 3 aromatic carbocycles. The summed E-state index contributed by atoms with van der Waals surface area (Å²) in [6.07, 6.45) is -1.18. The number of phenolic OH excluding ortho intramolecular Hbond substituents is 1. The molecule has 2 unspecified atom stereocenters. The predicted molar refractivity (Wildman–Crippen MR) is 111 cm³/mol. The number of hydrogen-bond acceptors (Lipinski definition) is 4. The van der Waals surface area contributed by atoms with Gasteiger partial charge >= 0.3 is 0 Å². The lowest BCUT2D eigenvalue weighted by Gasteiger charge is -2.44. The molecular weight excluding hydrogens is 390 g/mol. The molecule has 6 heteroatoms. The number of aliphatic hydroxyl groups is 1. The molecule has 1 amide bonds. The number of amides is 1. The van der Waals surface area contributed by atoms with E-state index < -0.39 is 11.7 Å². The van der Waals surface area contributed by atoms with E-state index in [0.29, 0.717) is 21.8 Å². The van der Waals surface area contributed by atoms with Crippen LogP contribution in [-0.2, 0) is 21.7 Å². The van der Waals surface area contributed by atoms with Crippen LogP contribution in [0.5, 0.6) is 5.75 Å². The second kappa shape index (κ2) is 7.52. The Labute approximate surface area is 173 Å². The summed E-state index contributed by atoms with van der Waals surface area (Å²) in [6, 6.07) is 20.7. The van der Waals surface area contributed by atoms with E-state index in [1.807, 2.05) is 18.2 Å². The van der Waals surface area contributed by atoms with E-state index in [-0.39, 0.29) is 18.2 Å². The van der Waals surface area contributed by atoms with Crippen molar-refractivity contribution in [2.45, 2.75) is 18.2 Å². The molecule has 148 valence electrons. The number of carbonyl (C=O) groups excluding carboxylic acids is 1. The highest BCUT2D eigenvalue weighted by Crippen LogP contribution is 2.46. The number of hydrogen-bond donors (Lipinski definition) is 2. The van der Waals surface area contributed by atoms with Gasteiger partial charge in [-0.1, -0.05) is 54.1 Å². The van der Waals surface area contributed by atoms with E-state index in [1.165, 1.54) is 19.2 Å². The lowest BCUT2D eigenvalue weighted by molar-refractivity contribution is -0.145. The predicted octanol–water partition coefficient (Wildman–Crippen LogP) is 3.84. The smallest absolute Gasteiger partial charge is 0.260 e. The van der Waals surface area contributed by atoms with Crippen LogP contribution in [0.2, 0.25) is 5.02 Å². The standard InChI is InChI=1S/C23H20ClNO4/c1-29-21-22(27)25(14-15-6-5-9-17(24)12-15)20-11-10-18(26)13-19(20)23(21,28)16-7-3-2-4-8-16/h2-13,21,26,28H,14H2,1H3. The first kappa shape index (κ1) is 19.5. The maximum absolute atomic E-state index is 13.4. The van der Waals surface area contributed by atoms with Crippen LogP contribution in [0.25, 0.3) is 0 Å². The summed E-state index contributed by atoms with van der Waals surface area (Å²) in [5.41, 5.74) is 0.510. The summed E-state index contributed by atoms with van der Waals surface area (Å²) in [4.78, 5) is 15.0. The van der Waals surface area contributed by atoms with E-state index in [1.54, 1.807) is 47.4 Å². The van der Waals surface area contributed by atoms with Crippen LogP contribution < -0.4 is 4.90 Å². The summed E-state index contributed by atoms with van der Waals surface area (Å²) < 4.78 is 5.51. The van der Waals surface area contributed by atoms with Gasteiger partial charge in [-0.25, -0.2) is 0 Å². The third-order valence-electron chi connectivity index (χ3n) is 5.23. The van der Waals surface area contributed by atoms with E-state index in [0.717, 1.165) is 5.56 Å². The van der Waals surface area contributed by atoms with Crippen LogP contribution in [0, 0.1) is 0 Å². The topological polar surface area (TPSA) is 70.0 Å². The Balaban J connectivity index is 1.90. The maximum atomic E-state index is 13.4. The lowest BCUT2D eigenvalue weighted by atomic mass is 9.77. The van der Waals surface area contributed by atoms with Crippen LogP contribution in [-0.4, -0.2) is 29.3 Å². The van der Waals surface area contributed by atoms with Crippen molar-refractivity contribution < 1.29 is 19.7 Å². The zero-order valence-corrected chi connectivity index (χ0v) is 16.5. The fourth-order valence-corrected chi connectivity index (χ4v) is 4.11. The van der Waals surface area contributed by atoms with E-state index in [2.05, 4.69) is 0 Å². The quantitative estimate of drug-likeness (QED) is 0.686. The maximum Gasteiger partial charge on any atom is 0.260 e. The number of anilines is 1. The number of benzene rings is 3. The first-order valence-corrected chi connectivity index (χ1v) is 9.53. The number of methoxy groups -OCH3 is 1. The number of carbonyl (C=O) groups is 1. The second-order valence-corrected chi connectivity index (χ2v) is 7.44. The molecule has 2 atom stereocenters. The monoisotopic (exact) mass is 409 g/mol. The number of nitrogens with zero attached hydrogens (tertiary/aromatic N) is 1. The highest BCUT2D eigenvalue weighted by Gasteiger charge is 2.52. The number of halogens is 1. The first-order chi connectivity index (χ1) is 13.9. The van der Waals surface area contributed by atoms with Gasteiger partial charge in [0.15, 0.2) is 11.7 Å². The molecule has 3 aromatic rings. The molecule has 0 radical (unpaired) electrons. The Morgan fingerprint density at radius 2 is 1.83 bits per heavy atom. The highest BCUT2D eigenvalue weighted by molar-refractivity contribution is 6.30. The lowest BCUT2D eigenvalue weighted by Crippen LogP contribution is -2.57. The normalized spacial score (nSPS) is 21.1. The highest BCUT2D eigenvalue weighted by atomic mass is 35.5. The van der Waals surface area contributed by atoms with Crippen molar-refractivity contribution in [3.8, 4) is 5.75 Å². The number of rotatable bonds is 4. The first-order valence-electron chi connectivity index (χ1n) is 9.15. The Kier molecular flexibility index (Phi) is 5.04. The molecule has 2 N–H and O–H groups in total. The fraction of sp³-hybridized carbons (Fsp3) is 0.174. The van der Waals surface area contributed by atoms with Crippen LogP contribution in [0.15, 0.2) is 72.8 Å². The van der Waals surface area contributed by atoms with Crippen molar-refractivity contribution in [1.29, 1.82) is 0 Å². The van der Waals surface area contributed by atoms with Gasteiger partial charge in [-0.2, -0.15) is 0 Å². The number of ether oxygens (including phenoxy) is 1. The Bertz CT molecular complexity index is 1060. The minimum Gasteiger partial charge on any atom is -0.508 e. The zero-order valence-electron chi connectivity index (χ0n) is 15.7. The van der Waals surface area contributed by atoms with Crippen molar-refractivity contribution in [2.75, 3.05) is 12.0 Å². The summed E-state index contributed by atoms with van der Waals surface area (Å²) in [6.45, 7) is 0.252. The largest absolute Gasteiger partial charge is 0.508 e. The minimum atomic E-state index is -1.74. The molecule has 1 aliphatic rings. The van der Waals surface area contributed by atoms with Gasteiger partial charge in [-0.3, -0.25) is 4.79 Å². The summed E-state index contributed by atoms with van der Waals surface area (Å²) in [7, 11) is 1.39. The molecule has 0 fully saturated rings. The number of fused-ring (bicyclic) bond motifs is 1. The van der Waals surface area contributed by atoms with Crippen molar-refractivity contribution in [2.24, 2.45) is 0 Å². The van der Waals surface area contributed by atoms with Crippen molar-refractivity contribution in [1.82, 2.24) is 0 Å². The van der Waals surface area contributed by atoms with E-state index in [9.17, 15) is 15.0 Å². The third-order valence-corrected chi connectivity index (χ3v) is 5.47. The van der Waals surface area contributed by atoms with Crippen LogP contribution in [0.3, 0.4) is 0 Å². The Morgan fingerprint density at radius 1 is 1.07 bits per heavy atom. The SMILES string of the molecule is COC1C(=O)N(Cc2cccc(Cl)c2)c2ccc(O)cc2C1(O)c1ccccc1.